The zero-order valence-electron chi connectivity index (χ0n) is 16.0. The molecule has 0 aliphatic heterocycles. The van der Waals surface area contributed by atoms with Crippen LogP contribution in [0, 0.1) is 11.6 Å². The Hall–Kier alpha value is -2.74. The van der Waals surface area contributed by atoms with Gasteiger partial charge < -0.3 is 10.6 Å². The molecule has 0 saturated heterocycles. The van der Waals surface area contributed by atoms with Crippen LogP contribution >= 0.6 is 11.3 Å². The van der Waals surface area contributed by atoms with Crippen LogP contribution in [0.3, 0.4) is 0 Å². The topological polar surface area (TPSA) is 54.0 Å². The van der Waals surface area contributed by atoms with Crippen molar-refractivity contribution < 1.29 is 13.6 Å². The van der Waals surface area contributed by atoms with Crippen molar-refractivity contribution in [3.05, 3.63) is 75.3 Å². The van der Waals surface area contributed by atoms with Crippen LogP contribution in [0.5, 0.6) is 0 Å². The summed E-state index contributed by atoms with van der Waals surface area (Å²) in [5.41, 5.74) is 3.10. The molecular weight excluding hydrogens is 391 g/mol. The van der Waals surface area contributed by atoms with Crippen molar-refractivity contribution >= 4 is 35.7 Å². The number of carbonyl (C=O) groups excluding carboxylic acids is 1. The third-order valence-corrected chi connectivity index (χ3v) is 5.96. The normalized spacial score (nSPS) is 12.6. The van der Waals surface area contributed by atoms with Crippen molar-refractivity contribution in [3.63, 3.8) is 0 Å². The smallest absolute Gasteiger partial charge is 0.255 e. The molecule has 0 fully saturated rings. The number of nitrogens with zero attached hydrogens (tertiary/aromatic N) is 1. The minimum atomic E-state index is -0.926. The summed E-state index contributed by atoms with van der Waals surface area (Å²) in [5, 5.41) is 6.09. The number of rotatable bonds is 6. The molecule has 4 rings (SSSR count). The summed E-state index contributed by atoms with van der Waals surface area (Å²) in [7, 11) is 2.05. The quantitative estimate of drug-likeness (QED) is 0.614. The zero-order valence-corrected chi connectivity index (χ0v) is 16.8. The van der Waals surface area contributed by atoms with Crippen LogP contribution in [0.4, 0.5) is 14.6 Å². The van der Waals surface area contributed by atoms with E-state index in [1.165, 1.54) is 10.8 Å². The van der Waals surface area contributed by atoms with Crippen LogP contribution in [0.25, 0.3) is 0 Å². The first-order valence-electron chi connectivity index (χ1n) is 9.53. The molecule has 0 atom stereocenters. The number of aromatic nitrogens is 1. The van der Waals surface area contributed by atoms with Gasteiger partial charge in [-0.2, -0.15) is 11.3 Å². The number of carbonyl (C=O) groups is 1. The van der Waals surface area contributed by atoms with Gasteiger partial charge in [0.2, 0.25) is 0 Å². The first-order chi connectivity index (χ1) is 14.0. The third kappa shape index (κ3) is 4.48. The Kier molecular flexibility index (Phi) is 5.62. The van der Waals surface area contributed by atoms with Crippen molar-refractivity contribution in [2.75, 3.05) is 5.32 Å². The number of benzene rings is 1. The predicted molar refractivity (Wildman–Crippen MR) is 114 cm³/mol. The van der Waals surface area contributed by atoms with Gasteiger partial charge in [-0.1, -0.05) is 12.1 Å². The van der Waals surface area contributed by atoms with Crippen molar-refractivity contribution in [2.45, 2.75) is 32.4 Å². The van der Waals surface area contributed by atoms with Crippen LogP contribution in [0.1, 0.15) is 38.5 Å². The highest BCUT2D eigenvalue weighted by Gasteiger charge is 2.20. The zero-order chi connectivity index (χ0) is 20.4. The largest absolute Gasteiger partial charge is 0.365 e. The van der Waals surface area contributed by atoms with Crippen LogP contribution in [0.15, 0.2) is 36.4 Å². The number of hydrogen-bond donors (Lipinski definition) is 2. The number of anilines is 1. The van der Waals surface area contributed by atoms with E-state index in [2.05, 4.69) is 30.6 Å². The van der Waals surface area contributed by atoms with E-state index in [1.54, 1.807) is 11.3 Å². The minimum absolute atomic E-state index is 0.108. The molecule has 2 N–H and O–H groups in total. The van der Waals surface area contributed by atoms with Gasteiger partial charge in [0.05, 0.1) is 12.1 Å². The van der Waals surface area contributed by atoms with E-state index in [1.807, 2.05) is 6.07 Å². The average Bonchev–Trinajstić information content (AvgIpc) is 3.34. The van der Waals surface area contributed by atoms with Crippen LogP contribution in [0.2, 0.25) is 0 Å². The van der Waals surface area contributed by atoms with Gasteiger partial charge >= 0.3 is 0 Å². The number of halogens is 2. The van der Waals surface area contributed by atoms with Gasteiger partial charge in [0, 0.05) is 17.1 Å². The van der Waals surface area contributed by atoms with E-state index < -0.39 is 11.6 Å². The molecule has 0 unspecified atom stereocenters. The van der Waals surface area contributed by atoms with Crippen molar-refractivity contribution in [3.8, 4) is 0 Å². The second-order valence-electron chi connectivity index (χ2n) is 7.14. The summed E-state index contributed by atoms with van der Waals surface area (Å²) < 4.78 is 27.7. The molecule has 4 nitrogen and oxygen atoms in total. The fraction of sp³-hybridized carbons (Fsp3) is 0.238. The Morgan fingerprint density at radius 3 is 2.72 bits per heavy atom. The van der Waals surface area contributed by atoms with E-state index in [-0.39, 0.29) is 12.5 Å². The average molecular weight is 411 g/mol. The SMILES string of the molecule is Bc1ccc(CNc2nc3c(cc2C(=O)NCc2ccc(F)c(F)c2)CCC3)s1. The molecule has 1 aliphatic carbocycles. The number of fused-ring (bicyclic) bond motifs is 1. The number of pyridine rings is 1. The van der Waals surface area contributed by atoms with Gasteiger partial charge in [0.25, 0.3) is 5.91 Å². The second-order valence-corrected chi connectivity index (χ2v) is 8.51. The van der Waals surface area contributed by atoms with Gasteiger partial charge in [0.15, 0.2) is 19.5 Å². The van der Waals surface area contributed by atoms with Crippen LogP contribution in [-0.4, -0.2) is 18.7 Å². The number of thiophene rings is 1. The van der Waals surface area contributed by atoms with E-state index in [0.29, 0.717) is 23.5 Å². The Bertz CT molecular complexity index is 1070. The fourth-order valence-electron chi connectivity index (χ4n) is 3.46. The third-order valence-electron chi connectivity index (χ3n) is 4.96. The Morgan fingerprint density at radius 1 is 1.10 bits per heavy atom. The number of nitrogens with one attached hydrogen (secondary N) is 2. The minimum Gasteiger partial charge on any atom is -0.365 e. The maximum Gasteiger partial charge on any atom is 0.255 e. The highest BCUT2D eigenvalue weighted by molar-refractivity contribution is 7.20. The van der Waals surface area contributed by atoms with Gasteiger partial charge in [-0.25, -0.2) is 13.8 Å². The highest BCUT2D eigenvalue weighted by atomic mass is 32.1. The monoisotopic (exact) mass is 411 g/mol. The molecule has 2 aromatic heterocycles. The Labute approximate surface area is 172 Å². The van der Waals surface area contributed by atoms with E-state index >= 15 is 0 Å². The molecule has 0 radical (unpaired) electrons. The summed E-state index contributed by atoms with van der Waals surface area (Å²) in [6.07, 6.45) is 2.86. The molecule has 0 saturated carbocycles. The van der Waals surface area contributed by atoms with Gasteiger partial charge in [0.1, 0.15) is 5.82 Å². The lowest BCUT2D eigenvalue weighted by atomic mass is 10.1. The molecule has 0 bridgehead atoms. The van der Waals surface area contributed by atoms with Crippen molar-refractivity contribution in [1.82, 2.24) is 10.3 Å². The van der Waals surface area contributed by atoms with Gasteiger partial charge in [-0.05, 0) is 59.4 Å². The Balaban J connectivity index is 1.52. The maximum atomic E-state index is 13.4. The summed E-state index contributed by atoms with van der Waals surface area (Å²) in [4.78, 5) is 18.7. The maximum absolute atomic E-state index is 13.4. The predicted octanol–water partition coefficient (Wildman–Crippen LogP) is 2.71. The first-order valence-corrected chi connectivity index (χ1v) is 10.4. The molecule has 1 aromatic carbocycles. The number of hydrogen-bond acceptors (Lipinski definition) is 4. The summed E-state index contributed by atoms with van der Waals surface area (Å²) in [6.45, 7) is 0.699. The second kappa shape index (κ2) is 8.33. The summed E-state index contributed by atoms with van der Waals surface area (Å²) in [5.74, 6) is -1.57. The molecule has 2 heterocycles. The molecule has 1 amide bonds. The van der Waals surface area contributed by atoms with E-state index in [4.69, 9.17) is 4.98 Å². The van der Waals surface area contributed by atoms with Gasteiger partial charge in [-0.3, -0.25) is 4.79 Å². The van der Waals surface area contributed by atoms with Crippen LogP contribution < -0.4 is 15.4 Å². The molecule has 8 heteroatoms. The Morgan fingerprint density at radius 2 is 1.97 bits per heavy atom. The lowest BCUT2D eigenvalue weighted by Crippen LogP contribution is -2.25. The first kappa shape index (κ1) is 19.6. The molecule has 29 heavy (non-hydrogen) atoms. The van der Waals surface area contributed by atoms with Crippen molar-refractivity contribution in [2.24, 2.45) is 0 Å². The number of amides is 1. The molecule has 0 spiro atoms. The molecule has 3 aromatic rings. The van der Waals surface area contributed by atoms with E-state index in [0.717, 1.165) is 47.5 Å². The molecule has 1 aliphatic rings. The molecular formula is C21H20BF2N3OS. The molecule has 148 valence electrons. The highest BCUT2D eigenvalue weighted by Crippen LogP contribution is 2.26. The summed E-state index contributed by atoms with van der Waals surface area (Å²) in [6, 6.07) is 9.63. The van der Waals surface area contributed by atoms with Crippen LogP contribution in [-0.2, 0) is 25.9 Å². The summed E-state index contributed by atoms with van der Waals surface area (Å²) >= 11 is 1.70. The van der Waals surface area contributed by atoms with Gasteiger partial charge in [-0.15, -0.1) is 0 Å². The van der Waals surface area contributed by atoms with E-state index in [9.17, 15) is 13.6 Å². The van der Waals surface area contributed by atoms with Crippen molar-refractivity contribution in [1.29, 1.82) is 0 Å². The number of aryl methyl sites for hydroxylation is 2. The lowest BCUT2D eigenvalue weighted by molar-refractivity contribution is 0.0951. The lowest BCUT2D eigenvalue weighted by Gasteiger charge is -2.13. The fourth-order valence-corrected chi connectivity index (χ4v) is 4.29. The standard InChI is InChI=1S/C21H20BF2N3OS/c22-19-7-5-14(29-19)11-25-20-15(9-13-2-1-3-18(13)27-20)21(28)26-10-12-4-6-16(23)17(24)8-12/h4-9H,1-3,10-11,22H2,(H,25,27)(H,26,28).